The summed E-state index contributed by atoms with van der Waals surface area (Å²) in [6.45, 7) is -0.134. The molecule has 93 valence electrons. The number of amides is 1. The van der Waals surface area contributed by atoms with Gasteiger partial charge in [-0.1, -0.05) is 0 Å². The predicted molar refractivity (Wildman–Crippen MR) is 56.7 cm³/mol. The van der Waals surface area contributed by atoms with Crippen molar-refractivity contribution in [2.24, 2.45) is 0 Å². The van der Waals surface area contributed by atoms with Crippen LogP contribution in [0.4, 0.5) is 0 Å². The average Bonchev–Trinajstić information content (AvgIpc) is 2.23. The molecule has 0 aliphatic heterocycles. The first-order valence-electron chi connectivity index (χ1n) is 4.97. The number of aliphatic hydroxyl groups is 1. The van der Waals surface area contributed by atoms with Gasteiger partial charge in [0.15, 0.2) is 0 Å². The standard InChI is InChI=1S/C9H18N3O4/c1-11-8(14)2-6(10)4-12-7(5-13)3-9(15)16/h6-7,10,12-13H,2-5H2,1H3,(H,11,14)(H,15,16). The van der Waals surface area contributed by atoms with Gasteiger partial charge in [-0.2, -0.15) is 0 Å². The average molecular weight is 232 g/mol. The van der Waals surface area contributed by atoms with Gasteiger partial charge in [0.2, 0.25) is 5.91 Å². The van der Waals surface area contributed by atoms with E-state index in [1.807, 2.05) is 0 Å². The number of nitrogens with one attached hydrogen (secondary N) is 3. The highest BCUT2D eigenvalue weighted by Gasteiger charge is 2.14. The number of rotatable bonds is 8. The van der Waals surface area contributed by atoms with Crippen molar-refractivity contribution in [3.05, 3.63) is 0 Å². The highest BCUT2D eigenvalue weighted by Crippen LogP contribution is 1.94. The van der Waals surface area contributed by atoms with E-state index in [0.29, 0.717) is 0 Å². The van der Waals surface area contributed by atoms with Gasteiger partial charge in [-0.3, -0.25) is 15.3 Å². The Balaban J connectivity index is 3.83. The molecule has 0 spiro atoms. The highest BCUT2D eigenvalue weighted by atomic mass is 16.4. The lowest BCUT2D eigenvalue weighted by Crippen LogP contribution is -2.41. The molecule has 5 N–H and O–H groups in total. The summed E-state index contributed by atoms with van der Waals surface area (Å²) in [5.74, 6) is -1.25. The second-order valence-corrected chi connectivity index (χ2v) is 3.46. The Kier molecular flexibility index (Phi) is 7.44. The van der Waals surface area contributed by atoms with Crippen LogP contribution in [0.1, 0.15) is 12.8 Å². The van der Waals surface area contributed by atoms with Crippen molar-refractivity contribution in [1.82, 2.24) is 16.4 Å². The minimum Gasteiger partial charge on any atom is -0.481 e. The molecule has 7 nitrogen and oxygen atoms in total. The van der Waals surface area contributed by atoms with Crippen molar-refractivity contribution >= 4 is 11.9 Å². The molecule has 1 radical (unpaired) electrons. The largest absolute Gasteiger partial charge is 0.481 e. The molecule has 0 saturated heterocycles. The molecule has 1 amide bonds. The summed E-state index contributed by atoms with van der Waals surface area (Å²) in [5.41, 5.74) is 7.50. The van der Waals surface area contributed by atoms with Crippen molar-refractivity contribution in [1.29, 1.82) is 0 Å². The van der Waals surface area contributed by atoms with Crippen molar-refractivity contribution in [3.8, 4) is 0 Å². The zero-order valence-electron chi connectivity index (χ0n) is 9.19. The van der Waals surface area contributed by atoms with Gasteiger partial charge in [0.1, 0.15) is 0 Å². The van der Waals surface area contributed by atoms with E-state index in [1.165, 1.54) is 7.05 Å². The summed E-state index contributed by atoms with van der Waals surface area (Å²) in [5, 5.41) is 22.5. The number of hydrogen-bond donors (Lipinski definition) is 4. The van der Waals surface area contributed by atoms with E-state index in [9.17, 15) is 9.59 Å². The fourth-order valence-electron chi connectivity index (χ4n) is 1.12. The van der Waals surface area contributed by atoms with Crippen LogP contribution < -0.4 is 16.4 Å². The fourth-order valence-corrected chi connectivity index (χ4v) is 1.12. The number of carboxylic acid groups (broad SMARTS) is 1. The minimum atomic E-state index is -1.01. The first-order valence-corrected chi connectivity index (χ1v) is 4.97. The van der Waals surface area contributed by atoms with Crippen LogP contribution in [0.3, 0.4) is 0 Å². The predicted octanol–water partition coefficient (Wildman–Crippen LogP) is -1.80. The number of aliphatic hydroxyl groups excluding tert-OH is 1. The lowest BCUT2D eigenvalue weighted by Gasteiger charge is -2.16. The van der Waals surface area contributed by atoms with E-state index in [-0.39, 0.29) is 31.9 Å². The maximum atomic E-state index is 10.9. The molecule has 7 heteroatoms. The van der Waals surface area contributed by atoms with Gasteiger partial charge in [-0.15, -0.1) is 0 Å². The van der Waals surface area contributed by atoms with Crippen LogP contribution in [0.15, 0.2) is 0 Å². The molecular weight excluding hydrogens is 214 g/mol. The van der Waals surface area contributed by atoms with Gasteiger partial charge in [0, 0.05) is 32.1 Å². The van der Waals surface area contributed by atoms with E-state index in [2.05, 4.69) is 10.6 Å². The Morgan fingerprint density at radius 1 is 1.38 bits per heavy atom. The van der Waals surface area contributed by atoms with E-state index < -0.39 is 18.1 Å². The number of carboxylic acids is 1. The summed E-state index contributed by atoms with van der Waals surface area (Å²) in [6.07, 6.45) is -0.155. The SMILES string of the molecule is CNC(=O)CC([NH])CNC(CO)CC(=O)O. The van der Waals surface area contributed by atoms with Crippen molar-refractivity contribution in [2.75, 3.05) is 20.2 Å². The summed E-state index contributed by atoms with van der Waals surface area (Å²) in [6, 6.07) is -1.22. The van der Waals surface area contributed by atoms with Gasteiger partial charge in [-0.05, 0) is 0 Å². The van der Waals surface area contributed by atoms with Gasteiger partial charge in [0.25, 0.3) is 0 Å². The van der Waals surface area contributed by atoms with Crippen LogP contribution >= 0.6 is 0 Å². The Bertz CT molecular complexity index is 235. The van der Waals surface area contributed by atoms with E-state index in [4.69, 9.17) is 15.9 Å². The number of aliphatic carboxylic acids is 1. The molecule has 0 fully saturated rings. The third kappa shape index (κ3) is 7.16. The molecule has 0 aromatic heterocycles. The van der Waals surface area contributed by atoms with Crippen molar-refractivity contribution in [2.45, 2.75) is 24.9 Å². The van der Waals surface area contributed by atoms with Gasteiger partial charge >= 0.3 is 5.97 Å². The molecule has 0 aromatic carbocycles. The number of hydrogen-bond acceptors (Lipinski definition) is 4. The molecule has 0 heterocycles. The summed E-state index contributed by atoms with van der Waals surface area (Å²) < 4.78 is 0. The highest BCUT2D eigenvalue weighted by molar-refractivity contribution is 5.76. The maximum absolute atomic E-state index is 10.9. The lowest BCUT2D eigenvalue weighted by atomic mass is 10.1. The van der Waals surface area contributed by atoms with Crippen LogP contribution in [0.2, 0.25) is 0 Å². The second-order valence-electron chi connectivity index (χ2n) is 3.46. The number of carbonyl (C=O) groups is 2. The summed E-state index contributed by atoms with van der Waals surface area (Å²) in [7, 11) is 1.49. The van der Waals surface area contributed by atoms with Crippen LogP contribution in [0.25, 0.3) is 0 Å². The Morgan fingerprint density at radius 2 is 2.00 bits per heavy atom. The Morgan fingerprint density at radius 3 is 2.44 bits per heavy atom. The molecule has 0 aliphatic rings. The van der Waals surface area contributed by atoms with Crippen LogP contribution in [0, 0.1) is 0 Å². The first kappa shape index (κ1) is 14.8. The maximum Gasteiger partial charge on any atom is 0.305 e. The summed E-state index contributed by atoms with van der Waals surface area (Å²) >= 11 is 0. The molecule has 16 heavy (non-hydrogen) atoms. The molecule has 0 aromatic rings. The molecular formula is C9H18N3O4. The third-order valence-electron chi connectivity index (χ3n) is 2.00. The zero-order valence-corrected chi connectivity index (χ0v) is 9.19. The van der Waals surface area contributed by atoms with Crippen LogP contribution in [0.5, 0.6) is 0 Å². The minimum absolute atomic E-state index is 0.0503. The second kappa shape index (κ2) is 8.03. The molecule has 0 saturated carbocycles. The van der Waals surface area contributed by atoms with Crippen molar-refractivity contribution in [3.63, 3.8) is 0 Å². The van der Waals surface area contributed by atoms with Crippen LogP contribution in [-0.4, -0.2) is 54.4 Å². The normalized spacial score (nSPS) is 14.2. The first-order chi connectivity index (χ1) is 7.49. The van der Waals surface area contributed by atoms with Crippen LogP contribution in [-0.2, 0) is 9.59 Å². The van der Waals surface area contributed by atoms with Gasteiger partial charge in [-0.25, -0.2) is 0 Å². The van der Waals surface area contributed by atoms with Crippen molar-refractivity contribution < 1.29 is 19.8 Å². The van der Waals surface area contributed by atoms with E-state index in [1.54, 1.807) is 0 Å². The molecule has 0 bridgehead atoms. The summed E-state index contributed by atoms with van der Waals surface area (Å²) in [4.78, 5) is 21.3. The van der Waals surface area contributed by atoms with Gasteiger partial charge in [0.05, 0.1) is 13.0 Å². The molecule has 0 rings (SSSR count). The van der Waals surface area contributed by atoms with Gasteiger partial charge < -0.3 is 20.8 Å². The Hall–Kier alpha value is -1.18. The third-order valence-corrected chi connectivity index (χ3v) is 2.00. The Labute approximate surface area is 94.0 Å². The topological polar surface area (TPSA) is 122 Å². The molecule has 0 aliphatic carbocycles. The smallest absolute Gasteiger partial charge is 0.305 e. The monoisotopic (exact) mass is 232 g/mol. The lowest BCUT2D eigenvalue weighted by molar-refractivity contribution is -0.137. The van der Waals surface area contributed by atoms with E-state index >= 15 is 0 Å². The van der Waals surface area contributed by atoms with E-state index in [0.717, 1.165) is 0 Å². The zero-order chi connectivity index (χ0) is 12.6. The number of carbonyl (C=O) groups excluding carboxylic acids is 1. The fraction of sp³-hybridized carbons (Fsp3) is 0.778. The molecule has 2 unspecified atom stereocenters. The molecule has 2 atom stereocenters. The quantitative estimate of drug-likeness (QED) is 0.393.